The lowest BCUT2D eigenvalue weighted by Crippen LogP contribution is -2.45. The minimum absolute atomic E-state index is 0.241. The fourth-order valence-electron chi connectivity index (χ4n) is 2.21. The predicted molar refractivity (Wildman–Crippen MR) is 81.8 cm³/mol. The monoisotopic (exact) mass is 292 g/mol. The highest BCUT2D eigenvalue weighted by atomic mass is 16.4. The molecule has 0 aliphatic rings. The highest BCUT2D eigenvalue weighted by molar-refractivity contribution is 5.85. The van der Waals surface area contributed by atoms with E-state index in [9.17, 15) is 14.7 Å². The van der Waals surface area contributed by atoms with Gasteiger partial charge < -0.3 is 16.2 Å². The number of carboxylic acids is 1. The first-order valence-corrected chi connectivity index (χ1v) is 7.35. The second kappa shape index (κ2) is 9.13. The van der Waals surface area contributed by atoms with E-state index in [1.165, 1.54) is 0 Å². The van der Waals surface area contributed by atoms with E-state index in [-0.39, 0.29) is 18.4 Å². The van der Waals surface area contributed by atoms with Gasteiger partial charge in [0.05, 0.1) is 5.92 Å². The topological polar surface area (TPSA) is 92.4 Å². The van der Waals surface area contributed by atoms with Crippen molar-refractivity contribution in [1.29, 1.82) is 0 Å². The number of rotatable bonds is 9. The van der Waals surface area contributed by atoms with Crippen molar-refractivity contribution in [3.63, 3.8) is 0 Å². The van der Waals surface area contributed by atoms with Gasteiger partial charge in [0.25, 0.3) is 0 Å². The Morgan fingerprint density at radius 3 is 2.43 bits per heavy atom. The lowest BCUT2D eigenvalue weighted by atomic mass is 10.0. The SMILES string of the molecule is CCCC(CN)C(=O)NC(CCc1ccccc1)C(=O)O. The van der Waals surface area contributed by atoms with E-state index in [4.69, 9.17) is 5.73 Å². The van der Waals surface area contributed by atoms with E-state index in [1.807, 2.05) is 37.3 Å². The van der Waals surface area contributed by atoms with Crippen LogP contribution in [0.5, 0.6) is 0 Å². The number of carbonyl (C=O) groups is 2. The number of aryl methyl sites for hydroxylation is 1. The summed E-state index contributed by atoms with van der Waals surface area (Å²) in [6.45, 7) is 2.21. The van der Waals surface area contributed by atoms with E-state index < -0.39 is 12.0 Å². The van der Waals surface area contributed by atoms with Gasteiger partial charge in [-0.15, -0.1) is 0 Å². The fourth-order valence-corrected chi connectivity index (χ4v) is 2.21. The van der Waals surface area contributed by atoms with Gasteiger partial charge in [-0.3, -0.25) is 4.79 Å². The Morgan fingerprint density at radius 1 is 1.24 bits per heavy atom. The van der Waals surface area contributed by atoms with Crippen molar-refractivity contribution in [1.82, 2.24) is 5.32 Å². The van der Waals surface area contributed by atoms with Gasteiger partial charge in [-0.2, -0.15) is 0 Å². The molecule has 4 N–H and O–H groups in total. The van der Waals surface area contributed by atoms with E-state index in [2.05, 4.69) is 5.32 Å². The number of aliphatic carboxylic acids is 1. The number of carbonyl (C=O) groups excluding carboxylic acids is 1. The second-order valence-corrected chi connectivity index (χ2v) is 5.14. The van der Waals surface area contributed by atoms with Crippen LogP contribution >= 0.6 is 0 Å². The van der Waals surface area contributed by atoms with Crippen LogP contribution in [0.3, 0.4) is 0 Å². The van der Waals surface area contributed by atoms with Crippen LogP contribution in [0.25, 0.3) is 0 Å². The summed E-state index contributed by atoms with van der Waals surface area (Å²) in [5.74, 6) is -1.58. The van der Waals surface area contributed by atoms with Gasteiger partial charge >= 0.3 is 5.97 Å². The highest BCUT2D eigenvalue weighted by Gasteiger charge is 2.23. The zero-order chi connectivity index (χ0) is 15.7. The molecule has 0 saturated carbocycles. The fraction of sp³-hybridized carbons (Fsp3) is 0.500. The van der Waals surface area contributed by atoms with Crippen LogP contribution < -0.4 is 11.1 Å². The van der Waals surface area contributed by atoms with Crippen LogP contribution in [0.1, 0.15) is 31.7 Å². The van der Waals surface area contributed by atoms with Crippen LogP contribution in [0.2, 0.25) is 0 Å². The van der Waals surface area contributed by atoms with E-state index >= 15 is 0 Å². The Balaban J connectivity index is 2.57. The second-order valence-electron chi connectivity index (χ2n) is 5.14. The molecule has 2 unspecified atom stereocenters. The number of hydrogen-bond acceptors (Lipinski definition) is 3. The van der Waals surface area contributed by atoms with Crippen molar-refractivity contribution in [2.45, 2.75) is 38.6 Å². The van der Waals surface area contributed by atoms with Gasteiger partial charge in [0.1, 0.15) is 6.04 Å². The molecule has 0 bridgehead atoms. The summed E-state index contributed by atoms with van der Waals surface area (Å²) in [6, 6.07) is 8.76. The van der Waals surface area contributed by atoms with Gasteiger partial charge in [-0.05, 0) is 24.8 Å². The van der Waals surface area contributed by atoms with Crippen molar-refractivity contribution in [3.8, 4) is 0 Å². The molecule has 0 heterocycles. The number of hydrogen-bond donors (Lipinski definition) is 3. The predicted octanol–water partition coefficient (Wildman–Crippen LogP) is 1.56. The summed E-state index contributed by atoms with van der Waals surface area (Å²) in [5, 5.41) is 11.8. The molecule has 0 radical (unpaired) electrons. The lowest BCUT2D eigenvalue weighted by molar-refractivity contribution is -0.142. The molecular weight excluding hydrogens is 268 g/mol. The Morgan fingerprint density at radius 2 is 1.90 bits per heavy atom. The highest BCUT2D eigenvalue weighted by Crippen LogP contribution is 2.08. The van der Waals surface area contributed by atoms with Crippen molar-refractivity contribution in [3.05, 3.63) is 35.9 Å². The largest absolute Gasteiger partial charge is 0.480 e. The molecule has 0 aliphatic heterocycles. The van der Waals surface area contributed by atoms with Crippen molar-refractivity contribution in [2.24, 2.45) is 11.7 Å². The van der Waals surface area contributed by atoms with Crippen LogP contribution in [0.15, 0.2) is 30.3 Å². The zero-order valence-corrected chi connectivity index (χ0v) is 12.4. The minimum Gasteiger partial charge on any atom is -0.480 e. The number of amides is 1. The summed E-state index contributed by atoms with van der Waals surface area (Å²) in [6.07, 6.45) is 2.50. The van der Waals surface area contributed by atoms with E-state index in [1.54, 1.807) is 0 Å². The van der Waals surface area contributed by atoms with Crippen molar-refractivity contribution in [2.75, 3.05) is 6.54 Å². The first kappa shape index (κ1) is 17.2. The minimum atomic E-state index is -1.01. The lowest BCUT2D eigenvalue weighted by Gasteiger charge is -2.19. The maximum Gasteiger partial charge on any atom is 0.326 e. The molecule has 1 aromatic carbocycles. The third-order valence-corrected chi connectivity index (χ3v) is 3.47. The molecule has 0 saturated heterocycles. The smallest absolute Gasteiger partial charge is 0.326 e. The Bertz CT molecular complexity index is 448. The Hall–Kier alpha value is -1.88. The molecule has 116 valence electrons. The van der Waals surface area contributed by atoms with Gasteiger partial charge in [0.15, 0.2) is 0 Å². The molecule has 1 aromatic rings. The average molecular weight is 292 g/mol. The van der Waals surface area contributed by atoms with E-state index in [0.29, 0.717) is 19.3 Å². The summed E-state index contributed by atoms with van der Waals surface area (Å²) in [5.41, 5.74) is 6.63. The molecule has 1 rings (SSSR count). The quantitative estimate of drug-likeness (QED) is 0.644. The van der Waals surface area contributed by atoms with Crippen molar-refractivity contribution >= 4 is 11.9 Å². The molecule has 21 heavy (non-hydrogen) atoms. The normalized spacial score (nSPS) is 13.4. The molecule has 0 spiro atoms. The Kier molecular flexibility index (Phi) is 7.46. The van der Waals surface area contributed by atoms with Gasteiger partial charge in [-0.25, -0.2) is 4.79 Å². The maximum absolute atomic E-state index is 12.0. The first-order valence-electron chi connectivity index (χ1n) is 7.35. The van der Waals surface area contributed by atoms with Crippen LogP contribution in [0, 0.1) is 5.92 Å². The van der Waals surface area contributed by atoms with Gasteiger partial charge in [0, 0.05) is 6.54 Å². The van der Waals surface area contributed by atoms with E-state index in [0.717, 1.165) is 12.0 Å². The number of nitrogens with one attached hydrogen (secondary N) is 1. The van der Waals surface area contributed by atoms with Crippen LogP contribution in [-0.2, 0) is 16.0 Å². The standard InChI is InChI=1S/C16H24N2O3/c1-2-6-13(11-17)15(19)18-14(16(20)21)10-9-12-7-4-3-5-8-12/h3-5,7-8,13-14H,2,6,9-11,17H2,1H3,(H,18,19)(H,20,21). The summed E-state index contributed by atoms with van der Waals surface area (Å²) < 4.78 is 0. The molecule has 2 atom stereocenters. The van der Waals surface area contributed by atoms with Gasteiger partial charge in [0.2, 0.25) is 5.91 Å². The molecule has 5 nitrogen and oxygen atoms in total. The molecular formula is C16H24N2O3. The summed E-state index contributed by atoms with van der Waals surface area (Å²) >= 11 is 0. The van der Waals surface area contributed by atoms with Crippen LogP contribution in [0.4, 0.5) is 0 Å². The van der Waals surface area contributed by atoms with Crippen molar-refractivity contribution < 1.29 is 14.7 Å². The zero-order valence-electron chi connectivity index (χ0n) is 12.4. The molecule has 0 fully saturated rings. The third kappa shape index (κ3) is 5.95. The third-order valence-electron chi connectivity index (χ3n) is 3.47. The molecule has 1 amide bonds. The maximum atomic E-state index is 12.0. The molecule has 5 heteroatoms. The number of nitrogens with two attached hydrogens (primary N) is 1. The average Bonchev–Trinajstić information content (AvgIpc) is 2.49. The Labute approximate surface area is 125 Å². The number of carboxylic acid groups (broad SMARTS) is 1. The summed E-state index contributed by atoms with van der Waals surface area (Å²) in [7, 11) is 0. The van der Waals surface area contributed by atoms with Gasteiger partial charge in [-0.1, -0.05) is 43.7 Å². The molecule has 0 aromatic heterocycles. The van der Waals surface area contributed by atoms with Crippen LogP contribution in [-0.4, -0.2) is 29.6 Å². The molecule has 0 aliphatic carbocycles. The summed E-state index contributed by atoms with van der Waals surface area (Å²) in [4.78, 5) is 23.3. The number of benzene rings is 1. The first-order chi connectivity index (χ1) is 10.1.